The molecule has 0 aliphatic rings. The molecule has 0 bridgehead atoms. The Balaban J connectivity index is 1.70. The van der Waals surface area contributed by atoms with Crippen LogP contribution in [0, 0.1) is 0 Å². The summed E-state index contributed by atoms with van der Waals surface area (Å²) in [7, 11) is 0. The predicted octanol–water partition coefficient (Wildman–Crippen LogP) is 5.85. The van der Waals surface area contributed by atoms with Gasteiger partial charge in [-0.05, 0) is 37.0 Å². The van der Waals surface area contributed by atoms with Crippen molar-refractivity contribution in [3.63, 3.8) is 0 Å². The molecule has 0 aliphatic carbocycles. The predicted molar refractivity (Wildman–Crippen MR) is 197 cm³/mol. The Morgan fingerprint density at radius 2 is 0.765 bits per heavy atom. The molecule has 0 heterocycles. The summed E-state index contributed by atoms with van der Waals surface area (Å²) in [6.45, 7) is 13.9. The summed E-state index contributed by atoms with van der Waals surface area (Å²) >= 11 is 0. The zero-order chi connectivity index (χ0) is 36.6. The van der Waals surface area contributed by atoms with Gasteiger partial charge in [0.2, 0.25) is 0 Å². The average Bonchev–Trinajstić information content (AvgIpc) is 3.14. The van der Waals surface area contributed by atoms with Crippen LogP contribution in [0.1, 0.15) is 77.2 Å². The van der Waals surface area contributed by atoms with E-state index < -0.39 is 0 Å². The number of carbonyl (C=O) groups excluding carboxylic acids is 1. The largest absolute Gasteiger partial charge is 0.491 e. The van der Waals surface area contributed by atoms with Gasteiger partial charge in [-0.2, -0.15) is 0 Å². The molecule has 0 amide bonds. The number of aryl methyl sites for hydroxylation is 1. The molecule has 1 aromatic carbocycles. The molecule has 0 fully saturated rings. The molecule has 12 heteroatoms. The average molecular weight is 731 g/mol. The number of esters is 1. The van der Waals surface area contributed by atoms with Crippen LogP contribution in [0.4, 0.5) is 0 Å². The SMILES string of the molecule is CCCCCCCCCc1ccc(OCCOCCOCCOCCOCCOCCOCCOCCOCCOCCOC(=O)CCC)cc1. The van der Waals surface area contributed by atoms with Crippen LogP contribution < -0.4 is 4.74 Å². The van der Waals surface area contributed by atoms with E-state index in [1.165, 1.54) is 50.5 Å². The van der Waals surface area contributed by atoms with Crippen LogP contribution in [0.3, 0.4) is 0 Å². The summed E-state index contributed by atoms with van der Waals surface area (Å²) in [6.07, 6.45) is 11.7. The number of rotatable bonds is 41. The van der Waals surface area contributed by atoms with Gasteiger partial charge in [-0.1, -0.05) is 64.5 Å². The first-order valence-corrected chi connectivity index (χ1v) is 19.3. The molecule has 0 radical (unpaired) electrons. The molecule has 1 aromatic rings. The van der Waals surface area contributed by atoms with Crippen molar-refractivity contribution in [1.82, 2.24) is 0 Å². The molecule has 298 valence electrons. The highest BCUT2D eigenvalue weighted by molar-refractivity contribution is 5.69. The molecule has 0 aliphatic heterocycles. The number of benzene rings is 1. The van der Waals surface area contributed by atoms with Crippen LogP contribution >= 0.6 is 0 Å². The van der Waals surface area contributed by atoms with Crippen molar-refractivity contribution in [3.8, 4) is 5.75 Å². The maximum atomic E-state index is 11.2. The smallest absolute Gasteiger partial charge is 0.305 e. The van der Waals surface area contributed by atoms with Gasteiger partial charge >= 0.3 is 5.97 Å². The third-order valence-corrected chi connectivity index (χ3v) is 7.41. The standard InChI is InChI=1S/C39H70O12/c1-3-5-6-7-8-9-10-12-37-13-15-38(16-14-37)50-35-33-48-31-29-46-27-25-44-23-21-42-19-17-41-18-20-43-22-24-45-26-28-47-30-32-49-34-36-51-39(40)11-4-2/h13-16H,3-12,17-36H2,1-2H3. The first-order valence-electron chi connectivity index (χ1n) is 19.3. The van der Waals surface area contributed by atoms with Gasteiger partial charge in [-0.25, -0.2) is 0 Å². The van der Waals surface area contributed by atoms with Crippen LogP contribution in [0.15, 0.2) is 24.3 Å². The van der Waals surface area contributed by atoms with Gasteiger partial charge in [0.05, 0.1) is 119 Å². The number of carbonyl (C=O) groups is 1. The third kappa shape index (κ3) is 35.0. The van der Waals surface area contributed by atoms with E-state index in [1.54, 1.807) is 0 Å². The first-order chi connectivity index (χ1) is 25.3. The fourth-order valence-corrected chi connectivity index (χ4v) is 4.61. The van der Waals surface area contributed by atoms with Gasteiger partial charge in [0.25, 0.3) is 0 Å². The minimum atomic E-state index is -0.186. The van der Waals surface area contributed by atoms with Gasteiger partial charge in [-0.15, -0.1) is 0 Å². The van der Waals surface area contributed by atoms with Gasteiger partial charge in [-0.3, -0.25) is 4.79 Å². The lowest BCUT2D eigenvalue weighted by atomic mass is 10.0. The summed E-state index contributed by atoms with van der Waals surface area (Å²) in [5.74, 6) is 0.698. The molecule has 51 heavy (non-hydrogen) atoms. The van der Waals surface area contributed by atoms with E-state index >= 15 is 0 Å². The monoisotopic (exact) mass is 730 g/mol. The van der Waals surface area contributed by atoms with E-state index in [0.29, 0.717) is 132 Å². The summed E-state index contributed by atoms with van der Waals surface area (Å²) in [5, 5.41) is 0. The van der Waals surface area contributed by atoms with Crippen LogP contribution in [0.25, 0.3) is 0 Å². The molecule has 12 nitrogen and oxygen atoms in total. The highest BCUT2D eigenvalue weighted by atomic mass is 16.6. The number of hydrogen-bond acceptors (Lipinski definition) is 12. The number of ether oxygens (including phenoxy) is 11. The zero-order valence-electron chi connectivity index (χ0n) is 31.9. The molecular weight excluding hydrogens is 660 g/mol. The van der Waals surface area contributed by atoms with E-state index in [2.05, 4.69) is 31.2 Å². The van der Waals surface area contributed by atoms with Crippen LogP contribution in [0.5, 0.6) is 5.75 Å². The summed E-state index contributed by atoms with van der Waals surface area (Å²) in [4.78, 5) is 11.2. The van der Waals surface area contributed by atoms with E-state index in [-0.39, 0.29) is 12.6 Å². The Morgan fingerprint density at radius 3 is 1.16 bits per heavy atom. The van der Waals surface area contributed by atoms with Crippen molar-refractivity contribution < 1.29 is 56.9 Å². The molecule has 0 spiro atoms. The van der Waals surface area contributed by atoms with Gasteiger partial charge in [0.15, 0.2) is 0 Å². The van der Waals surface area contributed by atoms with Gasteiger partial charge in [0, 0.05) is 6.42 Å². The van der Waals surface area contributed by atoms with E-state index in [9.17, 15) is 4.79 Å². The fraction of sp³-hybridized carbons (Fsp3) is 0.821. The Kier molecular flexibility index (Phi) is 36.4. The van der Waals surface area contributed by atoms with Crippen molar-refractivity contribution in [2.75, 3.05) is 132 Å². The maximum absolute atomic E-state index is 11.2. The minimum Gasteiger partial charge on any atom is -0.491 e. The van der Waals surface area contributed by atoms with Gasteiger partial charge < -0.3 is 52.1 Å². The molecule has 1 rings (SSSR count). The van der Waals surface area contributed by atoms with E-state index in [0.717, 1.165) is 18.6 Å². The van der Waals surface area contributed by atoms with Crippen molar-refractivity contribution in [2.24, 2.45) is 0 Å². The third-order valence-electron chi connectivity index (χ3n) is 7.41. The number of hydrogen-bond donors (Lipinski definition) is 0. The van der Waals surface area contributed by atoms with Crippen molar-refractivity contribution in [1.29, 1.82) is 0 Å². The first kappa shape index (κ1) is 47.2. The highest BCUT2D eigenvalue weighted by Crippen LogP contribution is 2.15. The molecular formula is C39H70O12. The summed E-state index contributed by atoms with van der Waals surface area (Å²) in [5.41, 5.74) is 1.38. The molecule has 0 aromatic heterocycles. The topological polar surface area (TPSA) is 119 Å². The number of unbranched alkanes of at least 4 members (excludes halogenated alkanes) is 6. The van der Waals surface area contributed by atoms with Crippen LogP contribution in [-0.4, -0.2) is 138 Å². The van der Waals surface area contributed by atoms with Gasteiger partial charge in [0.1, 0.15) is 19.0 Å². The second kappa shape index (κ2) is 39.3. The Bertz CT molecular complexity index is 842. The Hall–Kier alpha value is -1.87. The fourth-order valence-electron chi connectivity index (χ4n) is 4.61. The molecule has 0 unspecified atom stereocenters. The molecule has 0 saturated carbocycles. The molecule has 0 saturated heterocycles. The minimum absolute atomic E-state index is 0.186. The van der Waals surface area contributed by atoms with Crippen molar-refractivity contribution in [2.45, 2.75) is 78.1 Å². The Morgan fingerprint density at radius 1 is 0.412 bits per heavy atom. The summed E-state index contributed by atoms with van der Waals surface area (Å²) < 4.78 is 60.1. The Labute approximate surface area is 308 Å². The highest BCUT2D eigenvalue weighted by Gasteiger charge is 2.01. The quantitative estimate of drug-likeness (QED) is 0.0594. The van der Waals surface area contributed by atoms with E-state index in [4.69, 9.17) is 52.1 Å². The second-order valence-corrected chi connectivity index (χ2v) is 11.8. The second-order valence-electron chi connectivity index (χ2n) is 11.8. The zero-order valence-corrected chi connectivity index (χ0v) is 31.9. The lowest BCUT2D eigenvalue weighted by Crippen LogP contribution is -2.15. The van der Waals surface area contributed by atoms with Crippen LogP contribution in [0.2, 0.25) is 0 Å². The van der Waals surface area contributed by atoms with E-state index in [1.807, 2.05) is 6.92 Å². The van der Waals surface area contributed by atoms with Crippen molar-refractivity contribution >= 4 is 5.97 Å². The normalized spacial score (nSPS) is 11.3. The maximum Gasteiger partial charge on any atom is 0.305 e. The molecule has 0 N–H and O–H groups in total. The molecule has 0 atom stereocenters. The van der Waals surface area contributed by atoms with Crippen LogP contribution in [-0.2, 0) is 58.6 Å². The lowest BCUT2D eigenvalue weighted by Gasteiger charge is -2.09. The lowest BCUT2D eigenvalue weighted by molar-refractivity contribution is -0.145. The summed E-state index contributed by atoms with van der Waals surface area (Å²) in [6, 6.07) is 8.44. The van der Waals surface area contributed by atoms with Crippen molar-refractivity contribution in [3.05, 3.63) is 29.8 Å².